The first kappa shape index (κ1) is 27.9. The molecule has 0 amide bonds. The molecule has 0 aliphatic carbocycles. The molecule has 0 aliphatic heterocycles. The van der Waals surface area contributed by atoms with Crippen molar-refractivity contribution in [1.82, 2.24) is 0 Å². The van der Waals surface area contributed by atoms with Crippen LogP contribution in [0, 0.1) is 11.3 Å². The van der Waals surface area contributed by atoms with Crippen LogP contribution in [0.4, 0.5) is 0 Å². The molecule has 1 unspecified atom stereocenters. The van der Waals surface area contributed by atoms with Crippen molar-refractivity contribution in [1.29, 1.82) is 0 Å². The third kappa shape index (κ3) is 9.13. The van der Waals surface area contributed by atoms with Crippen LogP contribution in [0.5, 0.6) is 0 Å². The molecule has 0 fully saturated rings. The first-order chi connectivity index (χ1) is 14.2. The molecule has 0 saturated heterocycles. The highest BCUT2D eigenvalue weighted by Crippen LogP contribution is 2.34. The van der Waals surface area contributed by atoms with Gasteiger partial charge in [-0.15, -0.1) is 0 Å². The van der Waals surface area contributed by atoms with Gasteiger partial charge in [0.05, 0.1) is 5.92 Å². The van der Waals surface area contributed by atoms with Gasteiger partial charge >= 0.3 is 23.9 Å². The number of rotatable bonds is 20. The molecule has 0 radical (unpaired) electrons. The van der Waals surface area contributed by atoms with E-state index in [4.69, 9.17) is 0 Å². The topological polar surface area (TPSA) is 149 Å². The van der Waals surface area contributed by atoms with Crippen LogP contribution in [0.1, 0.15) is 103 Å². The van der Waals surface area contributed by atoms with Crippen LogP contribution in [0.25, 0.3) is 0 Å². The van der Waals surface area contributed by atoms with Gasteiger partial charge < -0.3 is 20.4 Å². The third-order valence-electron chi connectivity index (χ3n) is 5.68. The normalized spacial score (nSPS) is 12.4. The first-order valence-electron chi connectivity index (χ1n) is 11.2. The Morgan fingerprint density at radius 3 is 1.13 bits per heavy atom. The van der Waals surface area contributed by atoms with E-state index in [-0.39, 0.29) is 12.8 Å². The SMILES string of the molecule is CCCCCCCCCCCCCCCCC(C(=O)O)C(C(=O)O)(C(=O)O)C(=O)O. The fourth-order valence-electron chi connectivity index (χ4n) is 3.79. The number of carbonyl (C=O) groups is 4. The Bertz CT molecular complexity index is 507. The van der Waals surface area contributed by atoms with Gasteiger partial charge in [-0.3, -0.25) is 19.2 Å². The third-order valence-corrected chi connectivity index (χ3v) is 5.68. The first-order valence-corrected chi connectivity index (χ1v) is 11.2. The number of carboxylic acid groups (broad SMARTS) is 4. The molecular formula is C22H38O8. The second-order valence-corrected chi connectivity index (χ2v) is 8.00. The summed E-state index contributed by atoms with van der Waals surface area (Å²) in [5.74, 6) is -10.2. The van der Waals surface area contributed by atoms with Gasteiger partial charge in [0.25, 0.3) is 5.41 Å². The van der Waals surface area contributed by atoms with Crippen LogP contribution in [0.15, 0.2) is 0 Å². The summed E-state index contributed by atoms with van der Waals surface area (Å²) in [6.45, 7) is 2.21. The van der Waals surface area contributed by atoms with E-state index in [2.05, 4.69) is 6.92 Å². The highest BCUT2D eigenvalue weighted by molar-refractivity contribution is 6.18. The number of unbranched alkanes of at least 4 members (excludes halogenated alkanes) is 13. The lowest BCUT2D eigenvalue weighted by molar-refractivity contribution is -0.186. The average molecular weight is 431 g/mol. The molecule has 0 aromatic heterocycles. The largest absolute Gasteiger partial charge is 0.481 e. The van der Waals surface area contributed by atoms with E-state index >= 15 is 0 Å². The maximum atomic E-state index is 11.4. The van der Waals surface area contributed by atoms with Gasteiger partial charge in [-0.2, -0.15) is 0 Å². The van der Waals surface area contributed by atoms with E-state index < -0.39 is 35.2 Å². The Labute approximate surface area is 178 Å². The summed E-state index contributed by atoms with van der Waals surface area (Å²) in [5, 5.41) is 36.8. The van der Waals surface area contributed by atoms with E-state index in [1.807, 2.05) is 0 Å². The Hall–Kier alpha value is -2.12. The molecule has 0 aromatic carbocycles. The fourth-order valence-corrected chi connectivity index (χ4v) is 3.79. The van der Waals surface area contributed by atoms with Crippen molar-refractivity contribution in [3.8, 4) is 0 Å². The number of aliphatic carboxylic acids is 4. The Morgan fingerprint density at radius 2 is 0.867 bits per heavy atom. The molecule has 4 N–H and O–H groups in total. The summed E-state index contributed by atoms with van der Waals surface area (Å²) >= 11 is 0. The molecule has 0 aliphatic rings. The van der Waals surface area contributed by atoms with E-state index in [1.165, 1.54) is 51.4 Å². The minimum absolute atomic E-state index is 0.268. The highest BCUT2D eigenvalue weighted by atomic mass is 16.4. The van der Waals surface area contributed by atoms with E-state index in [9.17, 15) is 39.6 Å². The van der Waals surface area contributed by atoms with Crippen molar-refractivity contribution in [3.63, 3.8) is 0 Å². The summed E-state index contributed by atoms with van der Waals surface area (Å²) in [6, 6.07) is 0. The number of carboxylic acids is 4. The second-order valence-electron chi connectivity index (χ2n) is 8.00. The van der Waals surface area contributed by atoms with Crippen molar-refractivity contribution < 1.29 is 39.6 Å². The van der Waals surface area contributed by atoms with Crippen LogP contribution in [0.2, 0.25) is 0 Å². The highest BCUT2D eigenvalue weighted by Gasteiger charge is 2.62. The molecular weight excluding hydrogens is 392 g/mol. The molecule has 8 nitrogen and oxygen atoms in total. The van der Waals surface area contributed by atoms with Crippen LogP contribution in [0.3, 0.4) is 0 Å². The summed E-state index contributed by atoms with van der Waals surface area (Å²) in [6.07, 6.45) is 14.8. The van der Waals surface area contributed by atoms with E-state index in [0.717, 1.165) is 25.7 Å². The second kappa shape index (κ2) is 15.7. The predicted octanol–water partition coefficient (Wildman–Crippen LogP) is 4.80. The zero-order valence-electron chi connectivity index (χ0n) is 18.1. The molecule has 0 bridgehead atoms. The van der Waals surface area contributed by atoms with Crippen molar-refractivity contribution in [3.05, 3.63) is 0 Å². The average Bonchev–Trinajstić information content (AvgIpc) is 2.66. The Balaban J connectivity index is 4.14. The van der Waals surface area contributed by atoms with Crippen molar-refractivity contribution in [2.75, 3.05) is 0 Å². The molecule has 0 heterocycles. The minimum Gasteiger partial charge on any atom is -0.481 e. The molecule has 0 saturated carbocycles. The van der Waals surface area contributed by atoms with E-state index in [1.54, 1.807) is 0 Å². The van der Waals surface area contributed by atoms with E-state index in [0.29, 0.717) is 6.42 Å². The maximum Gasteiger partial charge on any atom is 0.333 e. The molecule has 1 atom stereocenters. The molecule has 0 aromatic rings. The molecule has 174 valence electrons. The van der Waals surface area contributed by atoms with Gasteiger partial charge in [-0.05, 0) is 6.42 Å². The molecule has 8 heteroatoms. The standard InChI is InChI=1S/C22H38O8/c1-2-3-4-5-6-7-8-9-10-11-12-13-14-15-16-17(18(23)24)22(19(25)26,20(27)28)21(29)30/h17H,2-16H2,1H3,(H,23,24)(H,25,26)(H,27,28)(H,29,30). The summed E-state index contributed by atoms with van der Waals surface area (Å²) in [7, 11) is 0. The smallest absolute Gasteiger partial charge is 0.333 e. The Kier molecular flexibility index (Phi) is 14.6. The lowest BCUT2D eigenvalue weighted by atomic mass is 9.72. The van der Waals surface area contributed by atoms with Gasteiger partial charge in [-0.1, -0.05) is 96.8 Å². The Morgan fingerprint density at radius 1 is 0.567 bits per heavy atom. The predicted molar refractivity (Wildman–Crippen MR) is 111 cm³/mol. The van der Waals surface area contributed by atoms with Crippen LogP contribution >= 0.6 is 0 Å². The summed E-state index contributed by atoms with van der Waals surface area (Å²) in [4.78, 5) is 45.6. The van der Waals surface area contributed by atoms with Crippen molar-refractivity contribution >= 4 is 23.9 Å². The van der Waals surface area contributed by atoms with Gasteiger partial charge in [0.2, 0.25) is 0 Å². The maximum absolute atomic E-state index is 11.4. The van der Waals surface area contributed by atoms with Crippen LogP contribution < -0.4 is 0 Å². The zero-order chi connectivity index (χ0) is 23.0. The van der Waals surface area contributed by atoms with Crippen LogP contribution in [-0.2, 0) is 19.2 Å². The lowest BCUT2D eigenvalue weighted by Gasteiger charge is -2.26. The molecule has 30 heavy (non-hydrogen) atoms. The zero-order valence-corrected chi connectivity index (χ0v) is 18.1. The van der Waals surface area contributed by atoms with Gasteiger partial charge in [0, 0.05) is 0 Å². The van der Waals surface area contributed by atoms with Crippen LogP contribution in [-0.4, -0.2) is 44.3 Å². The van der Waals surface area contributed by atoms with Crippen molar-refractivity contribution in [2.24, 2.45) is 11.3 Å². The molecule has 0 spiro atoms. The molecule has 0 rings (SSSR count). The fraction of sp³-hybridized carbons (Fsp3) is 0.818. The minimum atomic E-state index is -3.37. The van der Waals surface area contributed by atoms with Crippen molar-refractivity contribution in [2.45, 2.75) is 103 Å². The lowest BCUT2D eigenvalue weighted by Crippen LogP contribution is -2.54. The summed E-state index contributed by atoms with van der Waals surface area (Å²) in [5.41, 5.74) is -3.37. The van der Waals surface area contributed by atoms with Gasteiger partial charge in [0.1, 0.15) is 0 Å². The van der Waals surface area contributed by atoms with Gasteiger partial charge in [-0.25, -0.2) is 0 Å². The monoisotopic (exact) mass is 430 g/mol. The van der Waals surface area contributed by atoms with Gasteiger partial charge in [0.15, 0.2) is 0 Å². The summed E-state index contributed by atoms with van der Waals surface area (Å²) < 4.78 is 0. The number of hydrogen-bond acceptors (Lipinski definition) is 4. The quantitative estimate of drug-likeness (QED) is 0.159. The number of hydrogen-bond donors (Lipinski definition) is 4.